The van der Waals surface area contributed by atoms with E-state index in [0.29, 0.717) is 19.0 Å². The largest absolute Gasteiger partial charge is 0.458 e. The van der Waals surface area contributed by atoms with Crippen LogP contribution >= 0.6 is 0 Å². The average Bonchev–Trinajstić information content (AvgIpc) is 2.88. The molecule has 0 aromatic carbocycles. The molecule has 0 spiro atoms. The number of aromatic nitrogens is 3. The highest BCUT2D eigenvalue weighted by atomic mass is 16.5. The summed E-state index contributed by atoms with van der Waals surface area (Å²) in [5.74, 6) is 0.310. The zero-order valence-corrected chi connectivity index (χ0v) is 11.4. The van der Waals surface area contributed by atoms with Crippen LogP contribution in [0.2, 0.25) is 0 Å². The number of rotatable bonds is 5. The molecule has 6 heteroatoms. The van der Waals surface area contributed by atoms with E-state index >= 15 is 0 Å². The number of hydrogen-bond donors (Lipinski definition) is 1. The summed E-state index contributed by atoms with van der Waals surface area (Å²) in [6, 6.07) is 0. The molecule has 1 saturated carbocycles. The lowest BCUT2D eigenvalue weighted by Crippen LogP contribution is -2.25. The Bertz CT molecular complexity index is 419. The van der Waals surface area contributed by atoms with Crippen molar-refractivity contribution in [2.24, 2.45) is 11.7 Å². The van der Waals surface area contributed by atoms with Gasteiger partial charge in [-0.15, -0.1) is 5.10 Å². The van der Waals surface area contributed by atoms with E-state index in [-0.39, 0.29) is 17.8 Å². The minimum absolute atomic E-state index is 0.0332. The predicted molar refractivity (Wildman–Crippen MR) is 70.5 cm³/mol. The lowest BCUT2D eigenvalue weighted by molar-refractivity contribution is 0.0133. The molecule has 0 bridgehead atoms. The van der Waals surface area contributed by atoms with Crippen molar-refractivity contribution in [3.05, 3.63) is 11.9 Å². The molecule has 2 atom stereocenters. The average molecular weight is 266 g/mol. The van der Waals surface area contributed by atoms with Gasteiger partial charge in [-0.2, -0.15) is 0 Å². The zero-order valence-electron chi connectivity index (χ0n) is 11.4. The summed E-state index contributed by atoms with van der Waals surface area (Å²) in [5, 5.41) is 7.66. The summed E-state index contributed by atoms with van der Waals surface area (Å²) in [4.78, 5) is 12.0. The quantitative estimate of drug-likeness (QED) is 0.814. The molecule has 0 amide bonds. The first-order chi connectivity index (χ1) is 9.22. The number of carbonyl (C=O) groups excluding carboxylic acids is 1. The lowest BCUT2D eigenvalue weighted by atomic mass is 9.85. The van der Waals surface area contributed by atoms with Gasteiger partial charge in [0.1, 0.15) is 6.10 Å². The van der Waals surface area contributed by atoms with Gasteiger partial charge < -0.3 is 10.5 Å². The van der Waals surface area contributed by atoms with Crippen LogP contribution in [0.1, 0.15) is 49.5 Å². The first-order valence-corrected chi connectivity index (χ1v) is 7.04. The van der Waals surface area contributed by atoms with Crippen LogP contribution in [0.4, 0.5) is 0 Å². The van der Waals surface area contributed by atoms with Gasteiger partial charge in [-0.3, -0.25) is 4.68 Å². The molecule has 1 heterocycles. The van der Waals surface area contributed by atoms with Gasteiger partial charge in [0, 0.05) is 6.54 Å². The van der Waals surface area contributed by atoms with Crippen molar-refractivity contribution in [3.63, 3.8) is 0 Å². The van der Waals surface area contributed by atoms with E-state index in [1.54, 1.807) is 10.9 Å². The summed E-state index contributed by atoms with van der Waals surface area (Å²) in [6.45, 7) is 3.22. The van der Waals surface area contributed by atoms with Crippen molar-refractivity contribution in [1.29, 1.82) is 0 Å². The molecule has 2 unspecified atom stereocenters. The van der Waals surface area contributed by atoms with E-state index in [0.717, 1.165) is 25.7 Å². The second-order valence-corrected chi connectivity index (χ2v) is 5.12. The third kappa shape index (κ3) is 3.76. The summed E-state index contributed by atoms with van der Waals surface area (Å²) in [5.41, 5.74) is 5.69. The molecule has 1 fully saturated rings. The van der Waals surface area contributed by atoms with Crippen LogP contribution in [-0.4, -0.2) is 33.6 Å². The maximum absolute atomic E-state index is 12.0. The van der Waals surface area contributed by atoms with Gasteiger partial charge in [0.05, 0.1) is 12.7 Å². The minimum atomic E-state index is -0.370. The van der Waals surface area contributed by atoms with Gasteiger partial charge in [-0.1, -0.05) is 25.0 Å². The summed E-state index contributed by atoms with van der Waals surface area (Å²) in [6.07, 6.45) is 7.09. The fourth-order valence-corrected chi connectivity index (χ4v) is 2.56. The second-order valence-electron chi connectivity index (χ2n) is 5.12. The molecule has 0 aliphatic heterocycles. The standard InChI is InChI=1S/C13H22N4O2/c1-2-10-4-3-5-11(8-10)19-13(18)12-9-17(7-6-14)16-15-12/h9-11H,2-8,14H2,1H3. The van der Waals surface area contributed by atoms with Gasteiger partial charge in [-0.25, -0.2) is 4.79 Å². The molecule has 2 N–H and O–H groups in total. The van der Waals surface area contributed by atoms with Crippen LogP contribution in [-0.2, 0) is 11.3 Å². The van der Waals surface area contributed by atoms with E-state index < -0.39 is 0 Å². The molecular formula is C13H22N4O2. The Hall–Kier alpha value is -1.43. The molecule has 1 aromatic heterocycles. The predicted octanol–water partition coefficient (Wildman–Crippen LogP) is 1.36. The van der Waals surface area contributed by atoms with E-state index in [2.05, 4.69) is 17.2 Å². The van der Waals surface area contributed by atoms with Crippen molar-refractivity contribution in [3.8, 4) is 0 Å². The molecular weight excluding hydrogens is 244 g/mol. The molecule has 0 saturated heterocycles. The van der Waals surface area contributed by atoms with E-state index in [1.807, 2.05) is 0 Å². The van der Waals surface area contributed by atoms with Crippen LogP contribution < -0.4 is 5.73 Å². The Labute approximate surface area is 113 Å². The molecule has 106 valence electrons. The van der Waals surface area contributed by atoms with Crippen molar-refractivity contribution < 1.29 is 9.53 Å². The molecule has 0 radical (unpaired) electrons. The normalized spacial score (nSPS) is 23.3. The van der Waals surface area contributed by atoms with Crippen molar-refractivity contribution >= 4 is 5.97 Å². The van der Waals surface area contributed by atoms with Gasteiger partial charge in [-0.05, 0) is 25.2 Å². The van der Waals surface area contributed by atoms with Crippen molar-refractivity contribution in [2.45, 2.75) is 51.7 Å². The number of carbonyl (C=O) groups is 1. The maximum atomic E-state index is 12.0. The van der Waals surface area contributed by atoms with Crippen molar-refractivity contribution in [2.75, 3.05) is 6.54 Å². The Balaban J connectivity index is 1.88. The van der Waals surface area contributed by atoms with Crippen LogP contribution in [0.5, 0.6) is 0 Å². The number of nitrogens with two attached hydrogens (primary N) is 1. The number of hydrogen-bond acceptors (Lipinski definition) is 5. The highest BCUT2D eigenvalue weighted by Gasteiger charge is 2.25. The number of ether oxygens (including phenoxy) is 1. The van der Waals surface area contributed by atoms with Crippen LogP contribution in [0.15, 0.2) is 6.20 Å². The molecule has 6 nitrogen and oxygen atoms in total. The topological polar surface area (TPSA) is 83.0 Å². The smallest absolute Gasteiger partial charge is 0.360 e. The fourth-order valence-electron chi connectivity index (χ4n) is 2.56. The Morgan fingerprint density at radius 1 is 1.58 bits per heavy atom. The summed E-state index contributed by atoms with van der Waals surface area (Å²) < 4.78 is 7.08. The Morgan fingerprint density at radius 2 is 2.42 bits per heavy atom. The monoisotopic (exact) mass is 266 g/mol. The highest BCUT2D eigenvalue weighted by molar-refractivity contribution is 5.86. The second kappa shape index (κ2) is 6.65. The van der Waals surface area contributed by atoms with Crippen LogP contribution in [0.3, 0.4) is 0 Å². The van der Waals surface area contributed by atoms with Crippen molar-refractivity contribution in [1.82, 2.24) is 15.0 Å². The third-order valence-electron chi connectivity index (χ3n) is 3.69. The highest BCUT2D eigenvalue weighted by Crippen LogP contribution is 2.28. The minimum Gasteiger partial charge on any atom is -0.458 e. The van der Waals surface area contributed by atoms with Gasteiger partial charge >= 0.3 is 5.97 Å². The first kappa shape index (κ1) is 14.0. The Morgan fingerprint density at radius 3 is 3.16 bits per heavy atom. The van der Waals surface area contributed by atoms with E-state index in [1.165, 1.54) is 6.42 Å². The van der Waals surface area contributed by atoms with Crippen LogP contribution in [0, 0.1) is 5.92 Å². The molecule has 1 aromatic rings. The third-order valence-corrected chi connectivity index (χ3v) is 3.69. The molecule has 19 heavy (non-hydrogen) atoms. The molecule has 2 rings (SSSR count). The SMILES string of the molecule is CCC1CCCC(OC(=O)c2cn(CCN)nn2)C1. The first-order valence-electron chi connectivity index (χ1n) is 7.04. The van der Waals surface area contributed by atoms with Gasteiger partial charge in [0.25, 0.3) is 0 Å². The lowest BCUT2D eigenvalue weighted by Gasteiger charge is -2.27. The Kier molecular flexibility index (Phi) is 4.90. The van der Waals surface area contributed by atoms with E-state index in [9.17, 15) is 4.79 Å². The van der Waals surface area contributed by atoms with Gasteiger partial charge in [0.15, 0.2) is 5.69 Å². The molecule has 1 aliphatic rings. The van der Waals surface area contributed by atoms with Crippen LogP contribution in [0.25, 0.3) is 0 Å². The maximum Gasteiger partial charge on any atom is 0.360 e. The zero-order chi connectivity index (χ0) is 13.7. The fraction of sp³-hybridized carbons (Fsp3) is 0.769. The number of esters is 1. The number of nitrogens with zero attached hydrogens (tertiary/aromatic N) is 3. The van der Waals surface area contributed by atoms with Gasteiger partial charge in [0.2, 0.25) is 0 Å². The molecule has 1 aliphatic carbocycles. The van der Waals surface area contributed by atoms with E-state index in [4.69, 9.17) is 10.5 Å². The summed E-state index contributed by atoms with van der Waals surface area (Å²) >= 11 is 0. The summed E-state index contributed by atoms with van der Waals surface area (Å²) in [7, 11) is 0.